The van der Waals surface area contributed by atoms with E-state index in [-0.39, 0.29) is 11.4 Å². The number of aromatic nitrogens is 2. The topological polar surface area (TPSA) is 47.5 Å². The summed E-state index contributed by atoms with van der Waals surface area (Å²) in [5, 5.41) is 0.505. The molecule has 0 aliphatic carbocycles. The van der Waals surface area contributed by atoms with Gasteiger partial charge in [-0.3, -0.25) is 9.20 Å². The zero-order valence-corrected chi connectivity index (χ0v) is 8.23. The van der Waals surface area contributed by atoms with E-state index in [4.69, 9.17) is 16.0 Å². The largest absolute Gasteiger partial charge is 0.421 e. The molecule has 0 fully saturated rings. The summed E-state index contributed by atoms with van der Waals surface area (Å²) >= 11 is 5.96. The Balaban J connectivity index is 2.63. The van der Waals surface area contributed by atoms with Gasteiger partial charge >= 0.3 is 5.84 Å². The lowest BCUT2D eigenvalue weighted by molar-refractivity contribution is 0.634. The number of hydrogen-bond acceptors (Lipinski definition) is 3. The van der Waals surface area contributed by atoms with Gasteiger partial charge in [-0.2, -0.15) is 4.98 Å². The SMILES string of the molecule is O=c1ccn2c(n1)oc1c(Cl)cccc12. The molecule has 0 aliphatic heterocycles. The Morgan fingerprint density at radius 1 is 1.33 bits per heavy atom. The molecule has 0 amide bonds. The van der Waals surface area contributed by atoms with E-state index in [1.807, 2.05) is 12.1 Å². The first kappa shape index (κ1) is 8.49. The second kappa shape index (κ2) is 2.84. The summed E-state index contributed by atoms with van der Waals surface area (Å²) in [4.78, 5) is 14.8. The van der Waals surface area contributed by atoms with E-state index in [0.717, 1.165) is 5.52 Å². The van der Waals surface area contributed by atoms with Gasteiger partial charge in [-0.05, 0) is 12.1 Å². The van der Waals surface area contributed by atoms with Crippen LogP contribution in [0.25, 0.3) is 16.9 Å². The Labute approximate surface area is 88.7 Å². The first-order chi connectivity index (χ1) is 7.25. The van der Waals surface area contributed by atoms with Crippen molar-refractivity contribution in [2.24, 2.45) is 0 Å². The summed E-state index contributed by atoms with van der Waals surface area (Å²) in [6.07, 6.45) is 1.62. The lowest BCUT2D eigenvalue weighted by Gasteiger charge is -1.90. The Hall–Kier alpha value is -1.81. The van der Waals surface area contributed by atoms with Gasteiger partial charge < -0.3 is 4.42 Å². The van der Waals surface area contributed by atoms with E-state index in [9.17, 15) is 4.79 Å². The second-order valence-electron chi connectivity index (χ2n) is 3.11. The third-order valence-corrected chi connectivity index (χ3v) is 2.47. The van der Waals surface area contributed by atoms with E-state index in [1.54, 1.807) is 16.7 Å². The highest BCUT2D eigenvalue weighted by Gasteiger charge is 2.08. The van der Waals surface area contributed by atoms with Crippen molar-refractivity contribution >= 4 is 28.5 Å². The van der Waals surface area contributed by atoms with E-state index in [1.165, 1.54) is 6.07 Å². The third-order valence-electron chi connectivity index (χ3n) is 2.18. The fraction of sp³-hybridized carbons (Fsp3) is 0. The predicted octanol–water partition coefficient (Wildman–Crippen LogP) is 2.09. The molecule has 0 saturated heterocycles. The first-order valence-electron chi connectivity index (χ1n) is 4.32. The van der Waals surface area contributed by atoms with Gasteiger partial charge in [0.15, 0.2) is 5.58 Å². The minimum absolute atomic E-state index is 0.255. The molecule has 5 heteroatoms. The van der Waals surface area contributed by atoms with Gasteiger partial charge in [0.25, 0.3) is 5.56 Å². The van der Waals surface area contributed by atoms with Crippen molar-refractivity contribution in [3.8, 4) is 0 Å². The van der Waals surface area contributed by atoms with Crippen molar-refractivity contribution in [3.63, 3.8) is 0 Å². The molecule has 0 aliphatic rings. The average Bonchev–Trinajstić information content (AvgIpc) is 2.57. The van der Waals surface area contributed by atoms with Crippen LogP contribution >= 0.6 is 11.6 Å². The number of nitrogens with zero attached hydrogens (tertiary/aromatic N) is 2. The van der Waals surface area contributed by atoms with E-state index >= 15 is 0 Å². The van der Waals surface area contributed by atoms with Crippen molar-refractivity contribution in [1.82, 2.24) is 9.38 Å². The van der Waals surface area contributed by atoms with Gasteiger partial charge in [-0.25, -0.2) is 0 Å². The minimum atomic E-state index is -0.329. The van der Waals surface area contributed by atoms with Crippen LogP contribution in [0.3, 0.4) is 0 Å². The maximum atomic E-state index is 11.0. The van der Waals surface area contributed by atoms with Crippen molar-refractivity contribution in [1.29, 1.82) is 0 Å². The number of fused-ring (bicyclic) bond motifs is 3. The maximum absolute atomic E-state index is 11.0. The molecule has 0 atom stereocenters. The standard InChI is InChI=1S/C10H5ClN2O2/c11-6-2-1-3-7-9(6)15-10-12-8(14)4-5-13(7)10/h1-5H. The normalized spacial score (nSPS) is 11.3. The zero-order valence-electron chi connectivity index (χ0n) is 7.48. The second-order valence-corrected chi connectivity index (χ2v) is 3.52. The molecular formula is C10H5ClN2O2. The van der Waals surface area contributed by atoms with Crippen LogP contribution in [0.15, 0.2) is 39.7 Å². The van der Waals surface area contributed by atoms with Crippen LogP contribution in [-0.2, 0) is 0 Å². The maximum Gasteiger partial charge on any atom is 0.310 e. The van der Waals surface area contributed by atoms with Gasteiger partial charge in [-0.1, -0.05) is 17.7 Å². The van der Waals surface area contributed by atoms with Gasteiger partial charge in [0.05, 0.1) is 10.5 Å². The molecule has 0 radical (unpaired) electrons. The van der Waals surface area contributed by atoms with Crippen LogP contribution in [0.2, 0.25) is 5.02 Å². The molecule has 0 saturated carbocycles. The zero-order chi connectivity index (χ0) is 10.4. The molecule has 2 heterocycles. The van der Waals surface area contributed by atoms with Crippen molar-refractivity contribution in [2.75, 3.05) is 0 Å². The molecule has 74 valence electrons. The van der Waals surface area contributed by atoms with Crippen LogP contribution in [0.4, 0.5) is 0 Å². The molecule has 0 spiro atoms. The van der Waals surface area contributed by atoms with Gasteiger partial charge in [-0.15, -0.1) is 0 Å². The Bertz CT molecular complexity index is 714. The number of hydrogen-bond donors (Lipinski definition) is 0. The molecule has 1 aromatic carbocycles. The molecule has 0 unspecified atom stereocenters. The molecule has 3 rings (SSSR count). The molecule has 15 heavy (non-hydrogen) atoms. The summed E-state index contributed by atoms with van der Waals surface area (Å²) in [6, 6.07) is 6.77. The quantitative estimate of drug-likeness (QED) is 0.583. The molecular weight excluding hydrogens is 216 g/mol. The third kappa shape index (κ3) is 1.15. The highest BCUT2D eigenvalue weighted by atomic mass is 35.5. The predicted molar refractivity (Wildman–Crippen MR) is 56.2 cm³/mol. The van der Waals surface area contributed by atoms with Crippen LogP contribution in [0, 0.1) is 0 Å². The molecule has 2 aromatic heterocycles. The van der Waals surface area contributed by atoms with Gasteiger partial charge in [0.2, 0.25) is 0 Å². The van der Waals surface area contributed by atoms with E-state index in [2.05, 4.69) is 4.98 Å². The average molecular weight is 221 g/mol. The highest BCUT2D eigenvalue weighted by molar-refractivity contribution is 6.34. The van der Waals surface area contributed by atoms with Crippen molar-refractivity contribution < 1.29 is 4.42 Å². The molecule has 4 nitrogen and oxygen atoms in total. The first-order valence-corrected chi connectivity index (χ1v) is 4.70. The number of halogens is 1. The van der Waals surface area contributed by atoms with Crippen LogP contribution in [0.1, 0.15) is 0 Å². The molecule has 0 bridgehead atoms. The lowest BCUT2D eigenvalue weighted by Crippen LogP contribution is -2.04. The van der Waals surface area contributed by atoms with Gasteiger partial charge in [0.1, 0.15) is 0 Å². The number of para-hydroxylation sites is 1. The van der Waals surface area contributed by atoms with Crippen molar-refractivity contribution in [3.05, 3.63) is 45.8 Å². The van der Waals surface area contributed by atoms with Crippen LogP contribution in [0.5, 0.6) is 0 Å². The number of rotatable bonds is 0. The fourth-order valence-corrected chi connectivity index (χ4v) is 1.73. The fourth-order valence-electron chi connectivity index (χ4n) is 1.52. The van der Waals surface area contributed by atoms with Crippen LogP contribution < -0.4 is 5.56 Å². The summed E-state index contributed by atoms with van der Waals surface area (Å²) in [5.74, 6) is 0.255. The minimum Gasteiger partial charge on any atom is -0.421 e. The summed E-state index contributed by atoms with van der Waals surface area (Å²) in [7, 11) is 0. The lowest BCUT2D eigenvalue weighted by atomic mass is 10.3. The molecule has 0 N–H and O–H groups in total. The molecule has 3 aromatic rings. The van der Waals surface area contributed by atoms with E-state index < -0.39 is 0 Å². The Kier molecular flexibility index (Phi) is 1.61. The summed E-state index contributed by atoms with van der Waals surface area (Å²) in [5.41, 5.74) is 1.01. The Morgan fingerprint density at radius 2 is 2.20 bits per heavy atom. The highest BCUT2D eigenvalue weighted by Crippen LogP contribution is 2.25. The Morgan fingerprint density at radius 3 is 3.07 bits per heavy atom. The summed E-state index contributed by atoms with van der Waals surface area (Å²) < 4.78 is 7.07. The van der Waals surface area contributed by atoms with E-state index in [0.29, 0.717) is 10.6 Å². The summed E-state index contributed by atoms with van der Waals surface area (Å²) in [6.45, 7) is 0. The van der Waals surface area contributed by atoms with Gasteiger partial charge in [0, 0.05) is 12.3 Å². The van der Waals surface area contributed by atoms with Crippen LogP contribution in [-0.4, -0.2) is 9.38 Å². The smallest absolute Gasteiger partial charge is 0.310 e. The number of benzene rings is 1. The van der Waals surface area contributed by atoms with Crippen molar-refractivity contribution in [2.45, 2.75) is 0 Å². The monoisotopic (exact) mass is 220 g/mol. The number of oxazole rings is 1.